The lowest BCUT2D eigenvalue weighted by molar-refractivity contribution is 0.609. The maximum atomic E-state index is 11.1. The molecule has 18 heavy (non-hydrogen) atoms. The maximum absolute atomic E-state index is 11.1. The van der Waals surface area contributed by atoms with E-state index in [0.29, 0.717) is 5.56 Å². The Balaban J connectivity index is 2.46. The van der Waals surface area contributed by atoms with Crippen molar-refractivity contribution in [1.29, 1.82) is 0 Å². The number of aryl methyl sites for hydroxylation is 1. The van der Waals surface area contributed by atoms with Gasteiger partial charge >= 0.3 is 0 Å². The molecule has 0 saturated heterocycles. The van der Waals surface area contributed by atoms with Crippen LogP contribution in [0.5, 0.6) is 0 Å². The van der Waals surface area contributed by atoms with Crippen molar-refractivity contribution in [2.45, 2.75) is 12.7 Å². The van der Waals surface area contributed by atoms with Gasteiger partial charge in [0.25, 0.3) is 0 Å². The van der Waals surface area contributed by atoms with Crippen molar-refractivity contribution in [1.82, 2.24) is 0 Å². The van der Waals surface area contributed by atoms with Gasteiger partial charge in [0.2, 0.25) is 9.05 Å². The Bertz CT molecular complexity index is 649. The molecular formula is C14H13ClO2S. The molecular weight excluding hydrogens is 268 g/mol. The largest absolute Gasteiger partial charge is 0.236 e. The van der Waals surface area contributed by atoms with E-state index in [0.717, 1.165) is 16.7 Å². The lowest BCUT2D eigenvalue weighted by Gasteiger charge is -2.08. The zero-order valence-electron chi connectivity index (χ0n) is 9.93. The fourth-order valence-electron chi connectivity index (χ4n) is 1.89. The van der Waals surface area contributed by atoms with Crippen LogP contribution in [0, 0.1) is 6.92 Å². The minimum absolute atomic E-state index is 0.144. The van der Waals surface area contributed by atoms with Crippen LogP contribution >= 0.6 is 10.7 Å². The average Bonchev–Trinajstić information content (AvgIpc) is 2.31. The first-order chi connectivity index (χ1) is 8.46. The molecule has 0 atom stereocenters. The Labute approximate surface area is 112 Å². The van der Waals surface area contributed by atoms with Gasteiger partial charge in [0, 0.05) is 10.7 Å². The Hall–Kier alpha value is -1.32. The molecule has 0 saturated carbocycles. The topological polar surface area (TPSA) is 34.1 Å². The maximum Gasteiger partial charge on any atom is 0.236 e. The third-order valence-corrected chi connectivity index (χ3v) is 3.73. The van der Waals surface area contributed by atoms with Gasteiger partial charge in [-0.05, 0) is 35.2 Å². The van der Waals surface area contributed by atoms with E-state index in [1.807, 2.05) is 49.4 Å². The van der Waals surface area contributed by atoms with Gasteiger partial charge in [-0.25, -0.2) is 8.42 Å². The normalized spacial score (nSPS) is 11.4. The van der Waals surface area contributed by atoms with E-state index in [-0.39, 0.29) is 5.75 Å². The molecule has 0 heterocycles. The number of halogens is 1. The van der Waals surface area contributed by atoms with Gasteiger partial charge in [0.05, 0.1) is 5.75 Å². The van der Waals surface area contributed by atoms with Gasteiger partial charge in [-0.1, -0.05) is 42.5 Å². The predicted molar refractivity (Wildman–Crippen MR) is 75.1 cm³/mol. The third kappa shape index (κ3) is 3.34. The molecule has 0 aliphatic rings. The van der Waals surface area contributed by atoms with Crippen LogP contribution in [-0.4, -0.2) is 8.42 Å². The molecule has 0 N–H and O–H groups in total. The molecule has 0 fully saturated rings. The molecule has 94 valence electrons. The summed E-state index contributed by atoms with van der Waals surface area (Å²) < 4.78 is 22.2. The summed E-state index contributed by atoms with van der Waals surface area (Å²) >= 11 is 0. The second-order valence-corrected chi connectivity index (χ2v) is 6.98. The van der Waals surface area contributed by atoms with Crippen LogP contribution in [0.25, 0.3) is 11.1 Å². The van der Waals surface area contributed by atoms with Crippen LogP contribution in [0.1, 0.15) is 11.1 Å². The molecule has 2 aromatic carbocycles. The van der Waals surface area contributed by atoms with Crippen LogP contribution in [-0.2, 0) is 14.8 Å². The Morgan fingerprint density at radius 3 is 2.33 bits per heavy atom. The monoisotopic (exact) mass is 280 g/mol. The molecule has 0 aliphatic heterocycles. The summed E-state index contributed by atoms with van der Waals surface area (Å²) in [6, 6.07) is 15.5. The quantitative estimate of drug-likeness (QED) is 0.803. The summed E-state index contributed by atoms with van der Waals surface area (Å²) in [7, 11) is 1.76. The van der Waals surface area contributed by atoms with E-state index in [1.165, 1.54) is 0 Å². The first-order valence-corrected chi connectivity index (χ1v) is 8.01. The van der Waals surface area contributed by atoms with E-state index in [9.17, 15) is 8.42 Å². The molecule has 2 aromatic rings. The summed E-state index contributed by atoms with van der Waals surface area (Å²) in [5.41, 5.74) is 3.92. The van der Waals surface area contributed by atoms with Gasteiger partial charge in [0.1, 0.15) is 0 Å². The van der Waals surface area contributed by atoms with E-state index < -0.39 is 9.05 Å². The highest BCUT2D eigenvalue weighted by Crippen LogP contribution is 2.25. The highest BCUT2D eigenvalue weighted by Gasteiger charge is 2.09. The lowest BCUT2D eigenvalue weighted by Crippen LogP contribution is -1.96. The Morgan fingerprint density at radius 2 is 1.72 bits per heavy atom. The third-order valence-electron chi connectivity index (χ3n) is 2.73. The molecule has 0 unspecified atom stereocenters. The molecule has 0 aliphatic carbocycles. The van der Waals surface area contributed by atoms with Crippen LogP contribution in [0.3, 0.4) is 0 Å². The van der Waals surface area contributed by atoms with Crippen molar-refractivity contribution in [3.05, 3.63) is 59.7 Å². The minimum Gasteiger partial charge on any atom is -0.212 e. The minimum atomic E-state index is -3.52. The van der Waals surface area contributed by atoms with Crippen LogP contribution in [0.4, 0.5) is 0 Å². The van der Waals surface area contributed by atoms with Gasteiger partial charge in [-0.2, -0.15) is 0 Å². The van der Waals surface area contributed by atoms with Crippen molar-refractivity contribution in [3.8, 4) is 11.1 Å². The van der Waals surface area contributed by atoms with Gasteiger partial charge < -0.3 is 0 Å². The van der Waals surface area contributed by atoms with Gasteiger partial charge in [-0.15, -0.1) is 0 Å². The molecule has 0 radical (unpaired) electrons. The summed E-state index contributed by atoms with van der Waals surface area (Å²) in [6.45, 7) is 2.00. The standard InChI is InChI=1S/C14H13ClO2S/c1-11-7-8-12(10-18(15,16)17)9-14(11)13-5-3-2-4-6-13/h2-9H,10H2,1H3. The molecule has 0 bridgehead atoms. The summed E-state index contributed by atoms with van der Waals surface area (Å²) in [5.74, 6) is -0.144. The zero-order chi connectivity index (χ0) is 13.2. The van der Waals surface area contributed by atoms with Crippen molar-refractivity contribution in [2.24, 2.45) is 0 Å². The fraction of sp³-hybridized carbons (Fsp3) is 0.143. The number of benzene rings is 2. The predicted octanol–water partition coefficient (Wildman–Crippen LogP) is 3.73. The molecule has 0 aromatic heterocycles. The van der Waals surface area contributed by atoms with Crippen molar-refractivity contribution >= 4 is 19.7 Å². The summed E-state index contributed by atoms with van der Waals surface area (Å²) in [5, 5.41) is 0. The van der Waals surface area contributed by atoms with Gasteiger partial charge in [-0.3, -0.25) is 0 Å². The SMILES string of the molecule is Cc1ccc(CS(=O)(=O)Cl)cc1-c1ccccc1. The Kier molecular flexibility index (Phi) is 3.73. The average molecular weight is 281 g/mol. The summed E-state index contributed by atoms with van der Waals surface area (Å²) in [6.07, 6.45) is 0. The molecule has 0 amide bonds. The molecule has 2 rings (SSSR count). The van der Waals surface area contributed by atoms with E-state index in [2.05, 4.69) is 0 Å². The number of rotatable bonds is 3. The van der Waals surface area contributed by atoms with Crippen LogP contribution < -0.4 is 0 Å². The summed E-state index contributed by atoms with van der Waals surface area (Å²) in [4.78, 5) is 0. The van der Waals surface area contributed by atoms with Crippen molar-refractivity contribution < 1.29 is 8.42 Å². The van der Waals surface area contributed by atoms with Crippen molar-refractivity contribution in [3.63, 3.8) is 0 Å². The van der Waals surface area contributed by atoms with Gasteiger partial charge in [0.15, 0.2) is 0 Å². The van der Waals surface area contributed by atoms with Crippen LogP contribution in [0.15, 0.2) is 48.5 Å². The van der Waals surface area contributed by atoms with Crippen LogP contribution in [0.2, 0.25) is 0 Å². The number of hydrogen-bond acceptors (Lipinski definition) is 2. The van der Waals surface area contributed by atoms with Crippen molar-refractivity contribution in [2.75, 3.05) is 0 Å². The highest BCUT2D eigenvalue weighted by atomic mass is 35.7. The van der Waals surface area contributed by atoms with E-state index in [1.54, 1.807) is 6.07 Å². The molecule has 0 spiro atoms. The molecule has 2 nitrogen and oxygen atoms in total. The van der Waals surface area contributed by atoms with E-state index in [4.69, 9.17) is 10.7 Å². The second kappa shape index (κ2) is 5.12. The first-order valence-electron chi connectivity index (χ1n) is 5.53. The fourth-order valence-corrected chi connectivity index (χ4v) is 2.84. The number of hydrogen-bond donors (Lipinski definition) is 0. The van der Waals surface area contributed by atoms with E-state index >= 15 is 0 Å². The smallest absolute Gasteiger partial charge is 0.212 e. The Morgan fingerprint density at radius 1 is 1.06 bits per heavy atom. The molecule has 4 heteroatoms. The highest BCUT2D eigenvalue weighted by molar-refractivity contribution is 8.13. The first kappa shape index (κ1) is 13.1. The zero-order valence-corrected chi connectivity index (χ0v) is 11.5. The lowest BCUT2D eigenvalue weighted by atomic mass is 9.99. The second-order valence-electron chi connectivity index (χ2n) is 4.20.